The molecule has 2 amide bonds. The Labute approximate surface area is 101 Å². The fraction of sp³-hybridized carbons (Fsp3) is 0.900. The van der Waals surface area contributed by atoms with E-state index in [1.54, 1.807) is 7.11 Å². The number of aliphatic hydroxyl groups excluding tert-OH is 1. The molecule has 94 valence electrons. The van der Waals surface area contributed by atoms with Crippen molar-refractivity contribution >= 4 is 17.8 Å². The Morgan fingerprint density at radius 2 is 2.50 bits per heavy atom. The molecule has 1 heterocycles. The molecule has 1 saturated heterocycles. The van der Waals surface area contributed by atoms with Crippen LogP contribution in [-0.4, -0.2) is 67.0 Å². The zero-order valence-corrected chi connectivity index (χ0v) is 10.5. The van der Waals surface area contributed by atoms with Gasteiger partial charge in [-0.25, -0.2) is 4.79 Å². The average molecular weight is 248 g/mol. The molecule has 6 heteroatoms. The van der Waals surface area contributed by atoms with Gasteiger partial charge in [-0.2, -0.15) is 11.8 Å². The lowest BCUT2D eigenvalue weighted by atomic mass is 10.2. The molecule has 1 rings (SSSR count). The molecule has 1 fully saturated rings. The van der Waals surface area contributed by atoms with Gasteiger partial charge in [0, 0.05) is 44.4 Å². The summed E-state index contributed by atoms with van der Waals surface area (Å²) in [6.07, 6.45) is 0.657. The molecule has 2 N–H and O–H groups in total. The van der Waals surface area contributed by atoms with Gasteiger partial charge in [0.05, 0.1) is 6.61 Å². The Bertz CT molecular complexity index is 214. The van der Waals surface area contributed by atoms with Crippen LogP contribution in [-0.2, 0) is 4.74 Å². The van der Waals surface area contributed by atoms with Crippen LogP contribution < -0.4 is 5.32 Å². The first-order valence-electron chi connectivity index (χ1n) is 5.51. The van der Waals surface area contributed by atoms with E-state index in [2.05, 4.69) is 5.32 Å². The van der Waals surface area contributed by atoms with Gasteiger partial charge in [-0.15, -0.1) is 0 Å². The number of nitrogens with zero attached hydrogens (tertiary/aromatic N) is 1. The van der Waals surface area contributed by atoms with Gasteiger partial charge < -0.3 is 20.1 Å². The van der Waals surface area contributed by atoms with Crippen LogP contribution in [0.5, 0.6) is 0 Å². The van der Waals surface area contributed by atoms with Crippen LogP contribution in [0.1, 0.15) is 6.42 Å². The summed E-state index contributed by atoms with van der Waals surface area (Å²) in [5, 5.41) is 11.8. The Hall–Kier alpha value is -0.460. The second-order valence-electron chi connectivity index (χ2n) is 3.66. The predicted molar refractivity (Wildman–Crippen MR) is 64.8 cm³/mol. The molecule has 0 aromatic rings. The third kappa shape index (κ3) is 4.19. The number of aliphatic hydroxyl groups is 1. The minimum absolute atomic E-state index is 0.0456. The third-order valence-corrected chi connectivity index (χ3v) is 3.62. The molecule has 0 unspecified atom stereocenters. The van der Waals surface area contributed by atoms with Crippen molar-refractivity contribution in [1.82, 2.24) is 10.2 Å². The van der Waals surface area contributed by atoms with Crippen molar-refractivity contribution < 1.29 is 14.6 Å². The first kappa shape index (κ1) is 13.6. The van der Waals surface area contributed by atoms with Crippen molar-refractivity contribution in [3.8, 4) is 0 Å². The second-order valence-corrected chi connectivity index (χ2v) is 4.81. The highest BCUT2D eigenvalue weighted by atomic mass is 32.2. The zero-order chi connectivity index (χ0) is 11.8. The molecule has 0 radical (unpaired) electrons. The molecule has 1 atom stereocenters. The Morgan fingerprint density at radius 1 is 1.69 bits per heavy atom. The van der Waals surface area contributed by atoms with E-state index in [0.29, 0.717) is 19.6 Å². The summed E-state index contributed by atoms with van der Waals surface area (Å²) in [5.74, 6) is 1.89. The number of hydrogen-bond acceptors (Lipinski definition) is 4. The SMILES string of the molecule is COCCNC(=O)N1CCSC[C@H]1CCO. The molecule has 0 aromatic heterocycles. The fourth-order valence-corrected chi connectivity index (χ4v) is 2.78. The number of ether oxygens (including phenoxy) is 1. The number of nitrogens with one attached hydrogen (secondary N) is 1. The molecule has 5 nitrogen and oxygen atoms in total. The monoisotopic (exact) mass is 248 g/mol. The average Bonchev–Trinajstić information content (AvgIpc) is 2.30. The van der Waals surface area contributed by atoms with E-state index in [9.17, 15) is 4.79 Å². The number of hydrogen-bond donors (Lipinski definition) is 2. The third-order valence-electron chi connectivity index (χ3n) is 2.53. The summed E-state index contributed by atoms with van der Waals surface area (Å²) in [6.45, 7) is 1.95. The van der Waals surface area contributed by atoms with Crippen LogP contribution in [0, 0.1) is 0 Å². The summed E-state index contributed by atoms with van der Waals surface area (Å²) in [6, 6.07) is 0.113. The lowest BCUT2D eigenvalue weighted by Gasteiger charge is -2.35. The summed E-state index contributed by atoms with van der Waals surface area (Å²) in [7, 11) is 1.61. The normalized spacial score (nSPS) is 20.9. The van der Waals surface area contributed by atoms with E-state index in [1.165, 1.54) is 0 Å². The number of thioether (sulfide) groups is 1. The van der Waals surface area contributed by atoms with Crippen LogP contribution in [0.25, 0.3) is 0 Å². The first-order chi connectivity index (χ1) is 7.79. The summed E-state index contributed by atoms with van der Waals surface area (Å²) in [5.41, 5.74) is 0. The highest BCUT2D eigenvalue weighted by Gasteiger charge is 2.26. The minimum atomic E-state index is -0.0456. The number of amides is 2. The van der Waals surface area contributed by atoms with E-state index in [1.807, 2.05) is 16.7 Å². The molecule has 0 bridgehead atoms. The van der Waals surface area contributed by atoms with Gasteiger partial charge >= 0.3 is 6.03 Å². The van der Waals surface area contributed by atoms with Crippen LogP contribution in [0.4, 0.5) is 4.79 Å². The van der Waals surface area contributed by atoms with Crippen molar-refractivity contribution in [1.29, 1.82) is 0 Å². The van der Waals surface area contributed by atoms with E-state index in [4.69, 9.17) is 9.84 Å². The molecular formula is C10H20N2O3S. The van der Waals surface area contributed by atoms with Gasteiger partial charge in [0.1, 0.15) is 0 Å². The quantitative estimate of drug-likeness (QED) is 0.680. The van der Waals surface area contributed by atoms with Gasteiger partial charge in [-0.05, 0) is 6.42 Å². The molecule has 0 saturated carbocycles. The van der Waals surface area contributed by atoms with Gasteiger partial charge in [0.15, 0.2) is 0 Å². The van der Waals surface area contributed by atoms with Crippen LogP contribution in [0.15, 0.2) is 0 Å². The minimum Gasteiger partial charge on any atom is -0.396 e. The van der Waals surface area contributed by atoms with Crippen molar-refractivity contribution in [3.05, 3.63) is 0 Å². The van der Waals surface area contributed by atoms with E-state index in [-0.39, 0.29) is 18.7 Å². The first-order valence-corrected chi connectivity index (χ1v) is 6.67. The van der Waals surface area contributed by atoms with Crippen LogP contribution >= 0.6 is 11.8 Å². The maximum absolute atomic E-state index is 11.8. The fourth-order valence-electron chi connectivity index (χ4n) is 1.67. The lowest BCUT2D eigenvalue weighted by Crippen LogP contribution is -2.51. The predicted octanol–water partition coefficient (Wildman–Crippen LogP) is 0.142. The molecule has 0 aromatic carbocycles. The number of urea groups is 1. The number of carbonyl (C=O) groups is 1. The molecule has 0 aliphatic carbocycles. The Balaban J connectivity index is 2.37. The zero-order valence-electron chi connectivity index (χ0n) is 9.65. The van der Waals surface area contributed by atoms with Gasteiger partial charge in [-0.3, -0.25) is 0 Å². The molecule has 16 heavy (non-hydrogen) atoms. The van der Waals surface area contributed by atoms with Crippen molar-refractivity contribution in [2.75, 3.05) is 44.9 Å². The Kier molecular flexibility index (Phi) is 6.59. The second kappa shape index (κ2) is 7.76. The summed E-state index contributed by atoms with van der Waals surface area (Å²) >= 11 is 1.83. The highest BCUT2D eigenvalue weighted by Crippen LogP contribution is 2.18. The molecular weight excluding hydrogens is 228 g/mol. The van der Waals surface area contributed by atoms with Gasteiger partial charge in [0.25, 0.3) is 0 Å². The van der Waals surface area contributed by atoms with E-state index in [0.717, 1.165) is 18.1 Å². The standard InChI is InChI=1S/C10H20N2O3S/c1-15-6-3-11-10(14)12-4-7-16-8-9(12)2-5-13/h9,13H,2-8H2,1H3,(H,11,14)/t9-/m1/s1. The van der Waals surface area contributed by atoms with E-state index < -0.39 is 0 Å². The molecule has 0 spiro atoms. The number of carbonyl (C=O) groups excluding carboxylic acids is 1. The van der Waals surface area contributed by atoms with Crippen LogP contribution in [0.3, 0.4) is 0 Å². The largest absolute Gasteiger partial charge is 0.396 e. The molecule has 1 aliphatic heterocycles. The number of methoxy groups -OCH3 is 1. The maximum Gasteiger partial charge on any atom is 0.317 e. The van der Waals surface area contributed by atoms with Crippen molar-refractivity contribution in [2.45, 2.75) is 12.5 Å². The summed E-state index contributed by atoms with van der Waals surface area (Å²) < 4.78 is 4.88. The van der Waals surface area contributed by atoms with Crippen molar-refractivity contribution in [3.63, 3.8) is 0 Å². The maximum atomic E-state index is 11.8. The smallest absolute Gasteiger partial charge is 0.317 e. The lowest BCUT2D eigenvalue weighted by molar-refractivity contribution is 0.158. The Morgan fingerprint density at radius 3 is 3.19 bits per heavy atom. The van der Waals surface area contributed by atoms with Gasteiger partial charge in [-0.1, -0.05) is 0 Å². The van der Waals surface area contributed by atoms with Gasteiger partial charge in [0.2, 0.25) is 0 Å². The molecule has 1 aliphatic rings. The summed E-state index contributed by atoms with van der Waals surface area (Å²) in [4.78, 5) is 13.6. The van der Waals surface area contributed by atoms with E-state index >= 15 is 0 Å². The van der Waals surface area contributed by atoms with Crippen molar-refractivity contribution in [2.24, 2.45) is 0 Å². The van der Waals surface area contributed by atoms with Crippen LogP contribution in [0.2, 0.25) is 0 Å². The number of rotatable bonds is 5. The topological polar surface area (TPSA) is 61.8 Å². The highest BCUT2D eigenvalue weighted by molar-refractivity contribution is 7.99.